The summed E-state index contributed by atoms with van der Waals surface area (Å²) < 4.78 is 14.5. The van der Waals surface area contributed by atoms with E-state index in [1.54, 1.807) is 31.2 Å². The lowest BCUT2D eigenvalue weighted by Gasteiger charge is -2.56. The van der Waals surface area contributed by atoms with Crippen molar-refractivity contribution in [1.82, 2.24) is 9.88 Å². The second-order valence-corrected chi connectivity index (χ2v) is 8.29. The van der Waals surface area contributed by atoms with E-state index in [4.69, 9.17) is 17.3 Å². The van der Waals surface area contributed by atoms with Crippen molar-refractivity contribution in [2.24, 2.45) is 11.7 Å². The number of aryl methyl sites for hydroxylation is 1. The summed E-state index contributed by atoms with van der Waals surface area (Å²) in [7, 11) is 0. The molecule has 2 aromatic rings. The van der Waals surface area contributed by atoms with Crippen molar-refractivity contribution in [3.05, 3.63) is 58.5 Å². The number of nitrogens with two attached hydrogens (primary N) is 1. The Balaban J connectivity index is 1.70. The molecule has 1 saturated heterocycles. The molecule has 7 nitrogen and oxygen atoms in total. The van der Waals surface area contributed by atoms with Crippen molar-refractivity contribution in [3.8, 4) is 0 Å². The van der Waals surface area contributed by atoms with Crippen LogP contribution in [0.15, 0.2) is 36.5 Å². The van der Waals surface area contributed by atoms with Crippen LogP contribution in [0.2, 0.25) is 5.02 Å². The van der Waals surface area contributed by atoms with Crippen molar-refractivity contribution in [1.29, 1.82) is 0 Å². The van der Waals surface area contributed by atoms with E-state index in [0.717, 1.165) is 10.5 Å². The normalized spacial score (nSPS) is 23.6. The van der Waals surface area contributed by atoms with E-state index >= 15 is 0 Å². The van der Waals surface area contributed by atoms with Gasteiger partial charge in [-0.05, 0) is 49.1 Å². The first-order chi connectivity index (χ1) is 14.2. The van der Waals surface area contributed by atoms with Gasteiger partial charge in [0.05, 0.1) is 0 Å². The van der Waals surface area contributed by atoms with Gasteiger partial charge in [-0.25, -0.2) is 9.37 Å². The predicted octanol–water partition coefficient (Wildman–Crippen LogP) is 2.19. The molecular formula is C21H20ClFN4O3. The van der Waals surface area contributed by atoms with E-state index < -0.39 is 29.1 Å². The molecular weight excluding hydrogens is 411 g/mol. The lowest BCUT2D eigenvalue weighted by atomic mass is 9.65. The minimum absolute atomic E-state index is 0.102. The van der Waals surface area contributed by atoms with Crippen LogP contribution in [0.5, 0.6) is 0 Å². The van der Waals surface area contributed by atoms with E-state index in [9.17, 15) is 18.8 Å². The number of carbonyl (C=O) groups is 3. The molecule has 1 aliphatic heterocycles. The number of hydrogen-bond donors (Lipinski definition) is 1. The maximum Gasteiger partial charge on any atom is 0.254 e. The van der Waals surface area contributed by atoms with Crippen molar-refractivity contribution < 1.29 is 18.8 Å². The first kappa shape index (κ1) is 20.3. The highest BCUT2D eigenvalue weighted by atomic mass is 35.5. The highest BCUT2D eigenvalue weighted by molar-refractivity contribution is 6.30. The topological polar surface area (TPSA) is 96.6 Å². The van der Waals surface area contributed by atoms with Gasteiger partial charge in [-0.15, -0.1) is 0 Å². The largest absolute Gasteiger partial charge is 0.369 e. The summed E-state index contributed by atoms with van der Waals surface area (Å²) in [5.74, 6) is -2.72. The third-order valence-corrected chi connectivity index (χ3v) is 6.04. The molecule has 2 fully saturated rings. The highest BCUT2D eigenvalue weighted by Gasteiger charge is 2.61. The molecule has 1 aromatic carbocycles. The van der Waals surface area contributed by atoms with Crippen molar-refractivity contribution in [2.45, 2.75) is 31.8 Å². The van der Waals surface area contributed by atoms with Gasteiger partial charge in [-0.2, -0.15) is 0 Å². The van der Waals surface area contributed by atoms with E-state index in [1.165, 1.54) is 17.2 Å². The zero-order valence-electron chi connectivity index (χ0n) is 16.3. The van der Waals surface area contributed by atoms with E-state index in [-0.39, 0.29) is 37.7 Å². The maximum absolute atomic E-state index is 14.5. The van der Waals surface area contributed by atoms with Crippen LogP contribution in [-0.2, 0) is 20.9 Å². The van der Waals surface area contributed by atoms with Gasteiger partial charge < -0.3 is 10.6 Å². The number of aromatic nitrogens is 1. The molecule has 0 radical (unpaired) electrons. The summed E-state index contributed by atoms with van der Waals surface area (Å²) in [6.07, 6.45) is 1.64. The van der Waals surface area contributed by atoms with Crippen LogP contribution in [-0.4, -0.2) is 39.7 Å². The first-order valence-electron chi connectivity index (χ1n) is 9.49. The summed E-state index contributed by atoms with van der Waals surface area (Å²) in [5.41, 5.74) is 5.55. The quantitative estimate of drug-likeness (QED) is 0.804. The molecule has 1 saturated carbocycles. The van der Waals surface area contributed by atoms with Gasteiger partial charge in [-0.3, -0.25) is 19.3 Å². The molecule has 0 bridgehead atoms. The van der Waals surface area contributed by atoms with Gasteiger partial charge >= 0.3 is 0 Å². The molecule has 1 aromatic heterocycles. The summed E-state index contributed by atoms with van der Waals surface area (Å²) >= 11 is 5.93. The average Bonchev–Trinajstić information content (AvgIpc) is 2.65. The molecule has 156 valence electrons. The van der Waals surface area contributed by atoms with Crippen LogP contribution in [0.3, 0.4) is 0 Å². The Bertz CT molecular complexity index is 1040. The highest BCUT2D eigenvalue weighted by Crippen LogP contribution is 2.47. The van der Waals surface area contributed by atoms with Gasteiger partial charge in [0.1, 0.15) is 12.1 Å². The number of rotatable bonds is 4. The Hall–Kier alpha value is -3.00. The van der Waals surface area contributed by atoms with E-state index in [0.29, 0.717) is 10.6 Å². The third-order valence-electron chi connectivity index (χ3n) is 5.79. The molecule has 0 atom stereocenters. The summed E-state index contributed by atoms with van der Waals surface area (Å²) in [5, 5.41) is 0.555. The lowest BCUT2D eigenvalue weighted by molar-refractivity contribution is -0.164. The second-order valence-electron chi connectivity index (χ2n) is 7.85. The number of benzene rings is 1. The molecule has 3 amide bonds. The second kappa shape index (κ2) is 7.36. The Morgan fingerprint density at radius 3 is 2.57 bits per heavy atom. The molecule has 1 spiro atoms. The van der Waals surface area contributed by atoms with Gasteiger partial charge in [0, 0.05) is 23.7 Å². The smallest absolute Gasteiger partial charge is 0.254 e. The van der Waals surface area contributed by atoms with E-state index in [2.05, 4.69) is 4.98 Å². The Morgan fingerprint density at radius 1 is 1.30 bits per heavy atom. The Morgan fingerprint density at radius 2 is 1.97 bits per heavy atom. The average molecular weight is 431 g/mol. The number of nitrogens with zero attached hydrogens (tertiary/aromatic N) is 3. The van der Waals surface area contributed by atoms with Gasteiger partial charge in [0.25, 0.3) is 5.91 Å². The Labute approximate surface area is 177 Å². The van der Waals surface area contributed by atoms with Crippen molar-refractivity contribution in [2.75, 3.05) is 11.4 Å². The predicted molar refractivity (Wildman–Crippen MR) is 108 cm³/mol. The molecule has 2 heterocycles. The summed E-state index contributed by atoms with van der Waals surface area (Å²) in [6, 6.07) is 8.20. The fourth-order valence-corrected chi connectivity index (χ4v) is 4.28. The molecule has 2 N–H and O–H groups in total. The van der Waals surface area contributed by atoms with Crippen LogP contribution >= 0.6 is 11.6 Å². The molecule has 0 unspecified atom stereocenters. The number of anilines is 1. The van der Waals surface area contributed by atoms with Gasteiger partial charge in [0.2, 0.25) is 11.8 Å². The van der Waals surface area contributed by atoms with Crippen molar-refractivity contribution in [3.63, 3.8) is 0 Å². The number of piperazine rings is 1. The monoisotopic (exact) mass is 430 g/mol. The molecule has 1 aliphatic carbocycles. The lowest BCUT2D eigenvalue weighted by Crippen LogP contribution is -2.73. The summed E-state index contributed by atoms with van der Waals surface area (Å²) in [6.45, 7) is 1.52. The number of halogens is 2. The van der Waals surface area contributed by atoms with Crippen LogP contribution in [0.1, 0.15) is 24.0 Å². The van der Waals surface area contributed by atoms with Crippen LogP contribution in [0.4, 0.5) is 10.2 Å². The molecule has 30 heavy (non-hydrogen) atoms. The maximum atomic E-state index is 14.5. The Kier molecular flexibility index (Phi) is 4.97. The summed E-state index contributed by atoms with van der Waals surface area (Å²) in [4.78, 5) is 44.8. The molecule has 9 heteroatoms. The zero-order valence-corrected chi connectivity index (χ0v) is 17.0. The molecule has 4 rings (SSSR count). The third kappa shape index (κ3) is 3.31. The number of hydrogen-bond acceptors (Lipinski definition) is 4. The number of carbonyl (C=O) groups excluding carboxylic acids is 3. The number of primary amides is 1. The zero-order chi connectivity index (χ0) is 21.6. The first-order valence-corrected chi connectivity index (χ1v) is 9.87. The number of pyridine rings is 1. The minimum atomic E-state index is -1.26. The molecule has 2 aliphatic rings. The van der Waals surface area contributed by atoms with Crippen LogP contribution in [0, 0.1) is 18.7 Å². The fraction of sp³-hybridized carbons (Fsp3) is 0.333. The van der Waals surface area contributed by atoms with Crippen LogP contribution in [0.25, 0.3) is 0 Å². The SMILES string of the molecule is Cc1cnc(N2CC(=O)N(Cc3ccc(Cl)cc3)C3(CC(C(N)=O)C3)C2=O)c(F)c1. The van der Waals surface area contributed by atoms with Crippen molar-refractivity contribution >= 4 is 35.1 Å². The van der Waals surface area contributed by atoms with E-state index in [1.807, 2.05) is 0 Å². The standard InChI is InChI=1S/C21H20ClFN4O3/c1-12-6-16(23)19(25-9-12)26-11-17(28)27(10-13-2-4-15(22)5-3-13)21(20(26)30)7-14(8-21)18(24)29/h2-6,9,14H,7-8,10-11H2,1H3,(H2,24,29). The van der Waals surface area contributed by atoms with Gasteiger partial charge in [0.15, 0.2) is 11.6 Å². The minimum Gasteiger partial charge on any atom is -0.369 e. The fourth-order valence-electron chi connectivity index (χ4n) is 4.16. The van der Waals surface area contributed by atoms with Gasteiger partial charge in [-0.1, -0.05) is 23.7 Å². The van der Waals surface area contributed by atoms with Crippen LogP contribution < -0.4 is 10.6 Å². The number of amides is 3.